The van der Waals surface area contributed by atoms with Gasteiger partial charge in [0.05, 0.1) is 6.04 Å². The van der Waals surface area contributed by atoms with Crippen molar-refractivity contribution in [3.63, 3.8) is 0 Å². The van der Waals surface area contributed by atoms with Gasteiger partial charge in [-0.3, -0.25) is 4.79 Å². The molecule has 1 aromatic rings. The van der Waals surface area contributed by atoms with Crippen molar-refractivity contribution in [1.82, 2.24) is 0 Å². The van der Waals surface area contributed by atoms with Gasteiger partial charge in [0.1, 0.15) is 0 Å². The first kappa shape index (κ1) is 14.5. The molecule has 1 aromatic carbocycles. The molecular formula is C14H19BrN2O2. The van der Waals surface area contributed by atoms with E-state index in [2.05, 4.69) is 21.2 Å². The van der Waals surface area contributed by atoms with Crippen LogP contribution in [0.2, 0.25) is 0 Å². The number of amides is 1. The molecule has 3 N–H and O–H groups in total. The molecule has 1 amide bonds. The predicted molar refractivity (Wildman–Crippen MR) is 79.0 cm³/mol. The Morgan fingerprint density at radius 1 is 1.47 bits per heavy atom. The molecule has 0 aromatic heterocycles. The molecule has 1 atom stereocenters. The number of benzene rings is 1. The Hall–Kier alpha value is -0.910. The molecule has 1 saturated heterocycles. The molecule has 19 heavy (non-hydrogen) atoms. The minimum Gasteiger partial charge on any atom is -0.381 e. The van der Waals surface area contributed by atoms with Crippen LogP contribution in [0.3, 0.4) is 0 Å². The van der Waals surface area contributed by atoms with Gasteiger partial charge in [-0.2, -0.15) is 0 Å². The quantitative estimate of drug-likeness (QED) is 0.896. The molecule has 0 radical (unpaired) electrons. The number of carbonyl (C=O) groups excluding carboxylic acids is 1. The van der Waals surface area contributed by atoms with Crippen molar-refractivity contribution in [2.75, 3.05) is 18.5 Å². The molecule has 0 saturated carbocycles. The number of halogens is 1. The van der Waals surface area contributed by atoms with Gasteiger partial charge in [-0.25, -0.2) is 0 Å². The molecule has 0 spiro atoms. The summed E-state index contributed by atoms with van der Waals surface area (Å²) in [6, 6.07) is 5.25. The molecular weight excluding hydrogens is 308 g/mol. The summed E-state index contributed by atoms with van der Waals surface area (Å²) in [5, 5.41) is 2.88. The maximum absolute atomic E-state index is 12.1. The van der Waals surface area contributed by atoms with Gasteiger partial charge in [0.15, 0.2) is 0 Å². The third-order valence-electron chi connectivity index (χ3n) is 3.50. The summed E-state index contributed by atoms with van der Waals surface area (Å²) in [7, 11) is 0. The van der Waals surface area contributed by atoms with Crippen LogP contribution < -0.4 is 11.1 Å². The van der Waals surface area contributed by atoms with Gasteiger partial charge in [-0.1, -0.05) is 15.9 Å². The number of anilines is 1. The van der Waals surface area contributed by atoms with Crippen LogP contribution in [0.1, 0.15) is 18.4 Å². The second-order valence-corrected chi connectivity index (χ2v) is 5.78. The molecule has 1 heterocycles. The molecule has 1 fully saturated rings. The van der Waals surface area contributed by atoms with Gasteiger partial charge in [0.25, 0.3) is 0 Å². The number of nitrogens with two attached hydrogens (primary N) is 1. The number of carbonyl (C=O) groups is 1. The number of rotatable bonds is 3. The molecule has 0 aliphatic carbocycles. The van der Waals surface area contributed by atoms with Crippen LogP contribution in [0, 0.1) is 12.8 Å². The summed E-state index contributed by atoms with van der Waals surface area (Å²) in [5.41, 5.74) is 7.90. The van der Waals surface area contributed by atoms with Gasteiger partial charge in [0, 0.05) is 23.4 Å². The zero-order valence-corrected chi connectivity index (χ0v) is 12.6. The van der Waals surface area contributed by atoms with Crippen LogP contribution in [0.5, 0.6) is 0 Å². The Balaban J connectivity index is 1.97. The summed E-state index contributed by atoms with van der Waals surface area (Å²) >= 11 is 3.44. The average Bonchev–Trinajstić information content (AvgIpc) is 2.43. The van der Waals surface area contributed by atoms with Gasteiger partial charge in [-0.05, 0) is 49.4 Å². The van der Waals surface area contributed by atoms with Crippen LogP contribution in [0.4, 0.5) is 5.69 Å². The highest BCUT2D eigenvalue weighted by atomic mass is 79.9. The monoisotopic (exact) mass is 326 g/mol. The Morgan fingerprint density at radius 2 is 2.16 bits per heavy atom. The van der Waals surface area contributed by atoms with Crippen molar-refractivity contribution in [3.05, 3.63) is 28.2 Å². The van der Waals surface area contributed by atoms with E-state index in [1.54, 1.807) is 0 Å². The lowest BCUT2D eigenvalue weighted by Crippen LogP contribution is -2.44. The Morgan fingerprint density at radius 3 is 2.79 bits per heavy atom. The van der Waals surface area contributed by atoms with E-state index in [1.165, 1.54) is 0 Å². The van der Waals surface area contributed by atoms with Gasteiger partial charge in [-0.15, -0.1) is 0 Å². The topological polar surface area (TPSA) is 64.4 Å². The van der Waals surface area contributed by atoms with Gasteiger partial charge < -0.3 is 15.8 Å². The SMILES string of the molecule is Cc1cc(NC(=O)C(N)C2CCOCC2)ccc1Br. The third kappa shape index (κ3) is 3.78. The number of hydrogen-bond acceptors (Lipinski definition) is 3. The third-order valence-corrected chi connectivity index (χ3v) is 4.39. The molecule has 4 nitrogen and oxygen atoms in total. The van der Waals surface area contributed by atoms with E-state index in [4.69, 9.17) is 10.5 Å². The largest absolute Gasteiger partial charge is 0.381 e. The molecule has 2 rings (SSSR count). The summed E-state index contributed by atoms with van der Waals surface area (Å²) in [4.78, 5) is 12.1. The van der Waals surface area contributed by atoms with Crippen LogP contribution >= 0.6 is 15.9 Å². The standard InChI is InChI=1S/C14H19BrN2O2/c1-9-8-11(2-3-12(9)15)17-14(18)13(16)10-4-6-19-7-5-10/h2-3,8,10,13H,4-7,16H2,1H3,(H,17,18). The second kappa shape index (κ2) is 6.50. The Labute approximate surface area is 121 Å². The van der Waals surface area contributed by atoms with E-state index < -0.39 is 6.04 Å². The predicted octanol–water partition coefficient (Wildman–Crippen LogP) is 2.45. The maximum atomic E-state index is 12.1. The van der Waals surface area contributed by atoms with Crippen molar-refractivity contribution < 1.29 is 9.53 Å². The average molecular weight is 327 g/mol. The maximum Gasteiger partial charge on any atom is 0.241 e. The lowest BCUT2D eigenvalue weighted by Gasteiger charge is -2.26. The van der Waals surface area contributed by atoms with Crippen molar-refractivity contribution in [2.24, 2.45) is 11.7 Å². The number of aryl methyl sites for hydroxylation is 1. The first-order valence-corrected chi connectivity index (χ1v) is 7.27. The smallest absolute Gasteiger partial charge is 0.241 e. The second-order valence-electron chi connectivity index (χ2n) is 4.93. The highest BCUT2D eigenvalue weighted by Crippen LogP contribution is 2.22. The van der Waals surface area contributed by atoms with E-state index in [9.17, 15) is 4.79 Å². The summed E-state index contributed by atoms with van der Waals surface area (Å²) in [5.74, 6) is 0.0962. The van der Waals surface area contributed by atoms with Crippen LogP contribution in [-0.2, 0) is 9.53 Å². The van der Waals surface area contributed by atoms with Crippen LogP contribution in [0.15, 0.2) is 22.7 Å². The van der Waals surface area contributed by atoms with Crippen molar-refractivity contribution in [3.8, 4) is 0 Å². The van der Waals surface area contributed by atoms with E-state index in [0.29, 0.717) is 13.2 Å². The molecule has 1 aliphatic rings. The Bertz CT molecular complexity index is 459. The van der Waals surface area contributed by atoms with Crippen LogP contribution in [0.25, 0.3) is 0 Å². The fourth-order valence-corrected chi connectivity index (χ4v) is 2.48. The molecule has 1 aliphatic heterocycles. The first-order chi connectivity index (χ1) is 9.08. The zero-order chi connectivity index (χ0) is 13.8. The molecule has 1 unspecified atom stereocenters. The minimum absolute atomic E-state index is 0.117. The van der Waals surface area contributed by atoms with E-state index in [0.717, 1.165) is 28.6 Å². The van der Waals surface area contributed by atoms with Crippen molar-refractivity contribution in [2.45, 2.75) is 25.8 Å². The normalized spacial score (nSPS) is 18.1. The highest BCUT2D eigenvalue weighted by Gasteiger charge is 2.26. The van der Waals surface area contributed by atoms with Crippen molar-refractivity contribution >= 4 is 27.5 Å². The van der Waals surface area contributed by atoms with E-state index in [-0.39, 0.29) is 11.8 Å². The van der Waals surface area contributed by atoms with E-state index >= 15 is 0 Å². The summed E-state index contributed by atoms with van der Waals surface area (Å²) in [6.45, 7) is 3.38. The lowest BCUT2D eigenvalue weighted by atomic mass is 9.92. The molecule has 104 valence electrons. The van der Waals surface area contributed by atoms with Crippen LogP contribution in [-0.4, -0.2) is 25.2 Å². The summed E-state index contributed by atoms with van der Waals surface area (Å²) < 4.78 is 6.31. The zero-order valence-electron chi connectivity index (χ0n) is 11.0. The van der Waals surface area contributed by atoms with Crippen molar-refractivity contribution in [1.29, 1.82) is 0 Å². The highest BCUT2D eigenvalue weighted by molar-refractivity contribution is 9.10. The summed E-state index contributed by atoms with van der Waals surface area (Å²) in [6.07, 6.45) is 1.71. The number of ether oxygens (including phenoxy) is 1. The Kier molecular flexibility index (Phi) is 4.96. The lowest BCUT2D eigenvalue weighted by molar-refractivity contribution is -0.119. The van der Waals surface area contributed by atoms with Gasteiger partial charge >= 0.3 is 0 Å². The minimum atomic E-state index is -0.465. The molecule has 0 bridgehead atoms. The first-order valence-electron chi connectivity index (χ1n) is 6.48. The van der Waals surface area contributed by atoms with Gasteiger partial charge in [0.2, 0.25) is 5.91 Å². The fraction of sp³-hybridized carbons (Fsp3) is 0.500. The number of hydrogen-bond donors (Lipinski definition) is 2. The number of nitrogens with one attached hydrogen (secondary N) is 1. The fourth-order valence-electron chi connectivity index (χ4n) is 2.24. The van der Waals surface area contributed by atoms with E-state index in [1.807, 2.05) is 25.1 Å². The molecule has 5 heteroatoms.